The predicted molar refractivity (Wildman–Crippen MR) is 91.7 cm³/mol. The van der Waals surface area contributed by atoms with Gasteiger partial charge in [-0.15, -0.1) is 0 Å². The first kappa shape index (κ1) is 18.0. The molecule has 0 aliphatic rings. The highest BCUT2D eigenvalue weighted by Crippen LogP contribution is 2.15. The second-order valence-electron chi connectivity index (χ2n) is 6.95. The Morgan fingerprint density at radius 1 is 1.33 bits per heavy atom. The molecule has 0 unspecified atom stereocenters. The molecule has 1 rings (SSSR count). The molecule has 120 valence electrons. The van der Waals surface area contributed by atoms with Crippen LogP contribution in [-0.4, -0.2) is 21.9 Å². The van der Waals surface area contributed by atoms with Gasteiger partial charge in [-0.25, -0.2) is 0 Å². The summed E-state index contributed by atoms with van der Waals surface area (Å²) in [5, 5.41) is 8.23. The molecule has 0 aliphatic carbocycles. The lowest BCUT2D eigenvalue weighted by atomic mass is 10.1. The molecule has 1 heterocycles. The SMILES string of the molecule is CCC(CC)n1ccc(CC(C)=CCCNC(C)(C)C)n1. The van der Waals surface area contributed by atoms with Crippen molar-refractivity contribution in [1.82, 2.24) is 15.1 Å². The third-order valence-corrected chi connectivity index (χ3v) is 3.73. The number of aromatic nitrogens is 2. The topological polar surface area (TPSA) is 29.9 Å². The fourth-order valence-corrected chi connectivity index (χ4v) is 2.46. The van der Waals surface area contributed by atoms with Crippen LogP contribution in [-0.2, 0) is 6.42 Å². The van der Waals surface area contributed by atoms with E-state index in [0.29, 0.717) is 6.04 Å². The van der Waals surface area contributed by atoms with Gasteiger partial charge in [0.15, 0.2) is 0 Å². The highest BCUT2D eigenvalue weighted by atomic mass is 15.3. The van der Waals surface area contributed by atoms with E-state index >= 15 is 0 Å². The third kappa shape index (κ3) is 6.94. The number of nitrogens with one attached hydrogen (secondary N) is 1. The number of nitrogens with zero attached hydrogens (tertiary/aromatic N) is 2. The van der Waals surface area contributed by atoms with Crippen molar-refractivity contribution in [2.75, 3.05) is 6.54 Å². The lowest BCUT2D eigenvalue weighted by molar-refractivity contribution is 0.426. The van der Waals surface area contributed by atoms with Crippen molar-refractivity contribution in [3.63, 3.8) is 0 Å². The Hall–Kier alpha value is -1.09. The summed E-state index contributed by atoms with van der Waals surface area (Å²) in [4.78, 5) is 0. The zero-order valence-electron chi connectivity index (χ0n) is 14.7. The first-order valence-electron chi connectivity index (χ1n) is 8.30. The van der Waals surface area contributed by atoms with Crippen molar-refractivity contribution >= 4 is 0 Å². The first-order chi connectivity index (χ1) is 9.85. The maximum atomic E-state index is 4.72. The minimum absolute atomic E-state index is 0.204. The Bertz CT molecular complexity index is 434. The summed E-state index contributed by atoms with van der Waals surface area (Å²) in [5.41, 5.74) is 2.79. The molecule has 0 aliphatic heterocycles. The standard InChI is InChI=1S/C18H33N3/c1-7-17(8-2)21-13-11-16(20-21)14-15(3)10-9-12-19-18(4,5)6/h10-11,13,17,19H,7-9,12,14H2,1-6H3. The van der Waals surface area contributed by atoms with E-state index in [4.69, 9.17) is 5.10 Å². The molecule has 3 nitrogen and oxygen atoms in total. The molecular formula is C18H33N3. The van der Waals surface area contributed by atoms with Gasteiger partial charge in [0.05, 0.1) is 11.7 Å². The summed E-state index contributed by atoms with van der Waals surface area (Å²) in [5.74, 6) is 0. The van der Waals surface area contributed by atoms with Crippen LogP contribution in [0.15, 0.2) is 23.9 Å². The van der Waals surface area contributed by atoms with E-state index in [9.17, 15) is 0 Å². The van der Waals surface area contributed by atoms with Gasteiger partial charge in [-0.05, 0) is 59.6 Å². The molecule has 0 bridgehead atoms. The summed E-state index contributed by atoms with van der Waals surface area (Å²) < 4.78 is 2.13. The summed E-state index contributed by atoms with van der Waals surface area (Å²) in [6, 6.07) is 2.70. The molecule has 21 heavy (non-hydrogen) atoms. The normalized spacial score (nSPS) is 13.2. The molecule has 1 N–H and O–H groups in total. The van der Waals surface area contributed by atoms with Gasteiger partial charge in [-0.1, -0.05) is 25.5 Å². The minimum atomic E-state index is 0.204. The van der Waals surface area contributed by atoms with Gasteiger partial charge in [-0.2, -0.15) is 5.10 Å². The summed E-state index contributed by atoms with van der Waals surface area (Å²) in [6.07, 6.45) is 8.78. The molecule has 1 aromatic rings. The molecule has 0 radical (unpaired) electrons. The Morgan fingerprint density at radius 2 is 2.00 bits per heavy atom. The van der Waals surface area contributed by atoms with Crippen LogP contribution in [0, 0.1) is 0 Å². The summed E-state index contributed by atoms with van der Waals surface area (Å²) in [6.45, 7) is 14.3. The number of hydrogen-bond acceptors (Lipinski definition) is 2. The second-order valence-corrected chi connectivity index (χ2v) is 6.95. The molecular weight excluding hydrogens is 258 g/mol. The fraction of sp³-hybridized carbons (Fsp3) is 0.722. The number of rotatable bonds is 8. The Balaban J connectivity index is 2.45. The van der Waals surface area contributed by atoms with Crippen molar-refractivity contribution in [3.8, 4) is 0 Å². The highest BCUT2D eigenvalue weighted by Gasteiger charge is 2.08. The summed E-state index contributed by atoms with van der Waals surface area (Å²) in [7, 11) is 0. The average molecular weight is 291 g/mol. The third-order valence-electron chi connectivity index (χ3n) is 3.73. The van der Waals surface area contributed by atoms with Crippen LogP contribution in [0.4, 0.5) is 0 Å². The minimum Gasteiger partial charge on any atom is -0.312 e. The van der Waals surface area contributed by atoms with Crippen LogP contribution < -0.4 is 5.32 Å². The van der Waals surface area contributed by atoms with Gasteiger partial charge >= 0.3 is 0 Å². The van der Waals surface area contributed by atoms with Crippen LogP contribution >= 0.6 is 0 Å². The van der Waals surface area contributed by atoms with Gasteiger partial charge in [0.1, 0.15) is 0 Å². The van der Waals surface area contributed by atoms with Crippen LogP contribution in [0.5, 0.6) is 0 Å². The summed E-state index contributed by atoms with van der Waals surface area (Å²) >= 11 is 0. The maximum Gasteiger partial charge on any atom is 0.0664 e. The van der Waals surface area contributed by atoms with Gasteiger partial charge in [0, 0.05) is 18.2 Å². The molecule has 1 aromatic heterocycles. The van der Waals surface area contributed by atoms with Crippen molar-refractivity contribution in [2.24, 2.45) is 0 Å². The van der Waals surface area contributed by atoms with E-state index in [1.54, 1.807) is 0 Å². The van der Waals surface area contributed by atoms with E-state index < -0.39 is 0 Å². The zero-order chi connectivity index (χ0) is 15.9. The fourth-order valence-electron chi connectivity index (χ4n) is 2.46. The lowest BCUT2D eigenvalue weighted by Gasteiger charge is -2.19. The van der Waals surface area contributed by atoms with Crippen LogP contribution in [0.3, 0.4) is 0 Å². The van der Waals surface area contributed by atoms with Crippen LogP contribution in [0.2, 0.25) is 0 Å². The number of hydrogen-bond donors (Lipinski definition) is 1. The molecule has 0 atom stereocenters. The predicted octanol–water partition coefficient (Wildman–Crippen LogP) is 4.51. The van der Waals surface area contributed by atoms with Crippen molar-refractivity contribution in [2.45, 2.75) is 78.8 Å². The molecule has 0 spiro atoms. The first-order valence-corrected chi connectivity index (χ1v) is 8.30. The van der Waals surface area contributed by atoms with Crippen molar-refractivity contribution in [1.29, 1.82) is 0 Å². The van der Waals surface area contributed by atoms with Gasteiger partial charge in [0.25, 0.3) is 0 Å². The Labute approximate surface area is 130 Å². The quantitative estimate of drug-likeness (QED) is 0.564. The molecule has 3 heteroatoms. The lowest BCUT2D eigenvalue weighted by Crippen LogP contribution is -2.36. The van der Waals surface area contributed by atoms with Crippen LogP contribution in [0.1, 0.15) is 72.5 Å². The molecule has 0 aromatic carbocycles. The Morgan fingerprint density at radius 3 is 2.57 bits per heavy atom. The molecule has 0 fully saturated rings. The molecule has 0 saturated heterocycles. The van der Waals surface area contributed by atoms with Crippen LogP contribution in [0.25, 0.3) is 0 Å². The number of allylic oxidation sites excluding steroid dienone is 1. The highest BCUT2D eigenvalue weighted by molar-refractivity contribution is 5.12. The largest absolute Gasteiger partial charge is 0.312 e. The molecule has 0 amide bonds. The van der Waals surface area contributed by atoms with Gasteiger partial charge in [0.2, 0.25) is 0 Å². The average Bonchev–Trinajstić information content (AvgIpc) is 2.83. The van der Waals surface area contributed by atoms with E-state index in [-0.39, 0.29) is 5.54 Å². The monoisotopic (exact) mass is 291 g/mol. The van der Waals surface area contributed by atoms with E-state index in [1.165, 1.54) is 11.3 Å². The van der Waals surface area contributed by atoms with Crippen molar-refractivity contribution in [3.05, 3.63) is 29.6 Å². The maximum absolute atomic E-state index is 4.72. The van der Waals surface area contributed by atoms with E-state index in [1.807, 2.05) is 0 Å². The van der Waals surface area contributed by atoms with E-state index in [2.05, 4.69) is 69.9 Å². The van der Waals surface area contributed by atoms with Crippen molar-refractivity contribution < 1.29 is 0 Å². The Kier molecular flexibility index (Phi) is 7.16. The second kappa shape index (κ2) is 8.38. The van der Waals surface area contributed by atoms with E-state index in [0.717, 1.165) is 32.2 Å². The zero-order valence-corrected chi connectivity index (χ0v) is 14.7. The smallest absolute Gasteiger partial charge is 0.0664 e. The van der Waals surface area contributed by atoms with Gasteiger partial charge < -0.3 is 5.32 Å². The molecule has 0 saturated carbocycles. The van der Waals surface area contributed by atoms with Gasteiger partial charge in [-0.3, -0.25) is 4.68 Å².